The average Bonchev–Trinajstić information content (AvgIpc) is 2.52. The summed E-state index contributed by atoms with van der Waals surface area (Å²) in [6.07, 6.45) is 2.04. The SMILES string of the molecule is CCOC(=O)/C=C/C(=O)NC(=S)Nc1cccc(C(=O)N(C)C)c1. The van der Waals surface area contributed by atoms with Crippen molar-refractivity contribution in [1.82, 2.24) is 10.2 Å². The fourth-order valence-corrected chi connectivity index (χ4v) is 1.86. The lowest BCUT2D eigenvalue weighted by molar-refractivity contribution is -0.137. The molecule has 1 aromatic carbocycles. The van der Waals surface area contributed by atoms with Crippen molar-refractivity contribution in [1.29, 1.82) is 0 Å². The van der Waals surface area contributed by atoms with Crippen molar-refractivity contribution < 1.29 is 19.1 Å². The van der Waals surface area contributed by atoms with E-state index in [1.807, 2.05) is 0 Å². The lowest BCUT2D eigenvalue weighted by Crippen LogP contribution is -2.33. The Morgan fingerprint density at radius 3 is 2.58 bits per heavy atom. The smallest absolute Gasteiger partial charge is 0.330 e. The maximum Gasteiger partial charge on any atom is 0.330 e. The Balaban J connectivity index is 2.62. The van der Waals surface area contributed by atoms with Crippen molar-refractivity contribution in [3.05, 3.63) is 42.0 Å². The molecule has 0 aliphatic carbocycles. The Hall–Kier alpha value is -2.74. The van der Waals surface area contributed by atoms with Crippen molar-refractivity contribution in [2.75, 3.05) is 26.0 Å². The van der Waals surface area contributed by atoms with Crippen LogP contribution in [-0.4, -0.2) is 48.5 Å². The van der Waals surface area contributed by atoms with E-state index in [2.05, 4.69) is 15.4 Å². The molecular weight excluding hydrogens is 330 g/mol. The number of benzene rings is 1. The number of nitrogens with one attached hydrogen (secondary N) is 2. The quantitative estimate of drug-likeness (QED) is 0.474. The van der Waals surface area contributed by atoms with Crippen LogP contribution in [0.2, 0.25) is 0 Å². The molecule has 7 nitrogen and oxygen atoms in total. The van der Waals surface area contributed by atoms with E-state index in [-0.39, 0.29) is 17.6 Å². The Morgan fingerprint density at radius 1 is 1.25 bits per heavy atom. The van der Waals surface area contributed by atoms with Crippen LogP contribution < -0.4 is 10.6 Å². The van der Waals surface area contributed by atoms with Gasteiger partial charge in [0.15, 0.2) is 5.11 Å². The van der Waals surface area contributed by atoms with Gasteiger partial charge in [0, 0.05) is 37.5 Å². The molecule has 8 heteroatoms. The lowest BCUT2D eigenvalue weighted by Gasteiger charge is -2.12. The van der Waals surface area contributed by atoms with E-state index in [0.717, 1.165) is 12.2 Å². The van der Waals surface area contributed by atoms with E-state index in [9.17, 15) is 14.4 Å². The third-order valence-electron chi connectivity index (χ3n) is 2.67. The second-order valence-electron chi connectivity index (χ2n) is 4.81. The number of anilines is 1. The number of ether oxygens (including phenoxy) is 1. The highest BCUT2D eigenvalue weighted by atomic mass is 32.1. The summed E-state index contributed by atoms with van der Waals surface area (Å²) in [6, 6.07) is 6.70. The molecular formula is C16H19N3O4S. The molecule has 0 radical (unpaired) electrons. The van der Waals surface area contributed by atoms with Crippen LogP contribution in [0.4, 0.5) is 5.69 Å². The van der Waals surface area contributed by atoms with E-state index in [0.29, 0.717) is 11.3 Å². The fourth-order valence-electron chi connectivity index (χ4n) is 1.64. The first-order valence-electron chi connectivity index (χ1n) is 7.12. The topological polar surface area (TPSA) is 87.7 Å². The molecule has 0 spiro atoms. The number of carbonyl (C=O) groups is 3. The molecule has 0 atom stereocenters. The van der Waals surface area contributed by atoms with E-state index in [4.69, 9.17) is 12.2 Å². The monoisotopic (exact) mass is 349 g/mol. The molecule has 0 unspecified atom stereocenters. The molecule has 1 aromatic rings. The largest absolute Gasteiger partial charge is 0.463 e. The zero-order chi connectivity index (χ0) is 18.1. The minimum Gasteiger partial charge on any atom is -0.463 e. The van der Waals surface area contributed by atoms with Gasteiger partial charge in [-0.05, 0) is 37.3 Å². The van der Waals surface area contributed by atoms with Crippen LogP contribution in [0.5, 0.6) is 0 Å². The van der Waals surface area contributed by atoms with Gasteiger partial charge in [-0.2, -0.15) is 0 Å². The summed E-state index contributed by atoms with van der Waals surface area (Å²) in [6.45, 7) is 1.90. The van der Waals surface area contributed by atoms with Gasteiger partial charge in [0.2, 0.25) is 5.91 Å². The Morgan fingerprint density at radius 2 is 1.96 bits per heavy atom. The number of hydrogen-bond donors (Lipinski definition) is 2. The molecule has 0 saturated carbocycles. The second-order valence-corrected chi connectivity index (χ2v) is 5.22. The van der Waals surface area contributed by atoms with Crippen molar-refractivity contribution in [2.45, 2.75) is 6.92 Å². The van der Waals surface area contributed by atoms with Crippen LogP contribution >= 0.6 is 12.2 Å². The molecule has 0 bridgehead atoms. The van der Waals surface area contributed by atoms with Crippen molar-refractivity contribution in [2.24, 2.45) is 0 Å². The molecule has 1 rings (SSSR count). The fraction of sp³-hybridized carbons (Fsp3) is 0.250. The zero-order valence-electron chi connectivity index (χ0n) is 13.7. The molecule has 2 amide bonds. The number of nitrogens with zero attached hydrogens (tertiary/aromatic N) is 1. The number of hydrogen-bond acceptors (Lipinski definition) is 5. The van der Waals surface area contributed by atoms with E-state index in [1.165, 1.54) is 4.90 Å². The highest BCUT2D eigenvalue weighted by Gasteiger charge is 2.09. The predicted octanol–water partition coefficient (Wildman–Crippen LogP) is 1.32. The second kappa shape index (κ2) is 9.41. The van der Waals surface area contributed by atoms with Gasteiger partial charge < -0.3 is 15.0 Å². The first-order chi connectivity index (χ1) is 11.3. The number of thiocarbonyl (C=S) groups is 1. The van der Waals surface area contributed by atoms with Crippen molar-refractivity contribution in [3.8, 4) is 0 Å². The van der Waals surface area contributed by atoms with E-state index < -0.39 is 11.9 Å². The molecule has 0 saturated heterocycles. The van der Waals surface area contributed by atoms with Crippen LogP contribution in [0.25, 0.3) is 0 Å². The molecule has 0 aliphatic heterocycles. The Kier molecular flexibility index (Phi) is 7.57. The molecule has 0 aliphatic rings. The summed E-state index contributed by atoms with van der Waals surface area (Å²) in [7, 11) is 3.31. The first-order valence-corrected chi connectivity index (χ1v) is 7.52. The van der Waals surface area contributed by atoms with Gasteiger partial charge in [-0.15, -0.1) is 0 Å². The molecule has 0 fully saturated rings. The minimum atomic E-state index is -0.610. The van der Waals surface area contributed by atoms with Crippen LogP contribution in [-0.2, 0) is 14.3 Å². The number of esters is 1. The van der Waals surface area contributed by atoms with Gasteiger partial charge >= 0.3 is 5.97 Å². The molecule has 128 valence electrons. The first kappa shape index (κ1) is 19.3. The lowest BCUT2D eigenvalue weighted by atomic mass is 10.2. The maximum absolute atomic E-state index is 11.9. The summed E-state index contributed by atoms with van der Waals surface area (Å²) < 4.78 is 4.66. The number of rotatable bonds is 5. The normalized spacial score (nSPS) is 10.1. The predicted molar refractivity (Wildman–Crippen MR) is 94.6 cm³/mol. The Bertz CT molecular complexity index is 671. The summed E-state index contributed by atoms with van der Waals surface area (Å²) >= 11 is 5.02. The number of carbonyl (C=O) groups excluding carboxylic acids is 3. The van der Waals surface area contributed by atoms with Crippen LogP contribution in [0.1, 0.15) is 17.3 Å². The Labute approximate surface area is 145 Å². The third kappa shape index (κ3) is 6.57. The average molecular weight is 349 g/mol. The van der Waals surface area contributed by atoms with Crippen LogP contribution in [0.3, 0.4) is 0 Å². The zero-order valence-corrected chi connectivity index (χ0v) is 14.5. The van der Waals surface area contributed by atoms with Crippen LogP contribution in [0.15, 0.2) is 36.4 Å². The summed E-state index contributed by atoms with van der Waals surface area (Å²) in [5.74, 6) is -1.33. The molecule has 24 heavy (non-hydrogen) atoms. The number of amides is 2. The van der Waals surface area contributed by atoms with E-state index >= 15 is 0 Å². The van der Waals surface area contributed by atoms with E-state index in [1.54, 1.807) is 45.3 Å². The highest BCUT2D eigenvalue weighted by molar-refractivity contribution is 7.80. The van der Waals surface area contributed by atoms with Gasteiger partial charge in [0.1, 0.15) is 0 Å². The molecule has 0 heterocycles. The van der Waals surface area contributed by atoms with Gasteiger partial charge in [-0.1, -0.05) is 6.07 Å². The standard InChI is InChI=1S/C16H19N3O4S/c1-4-23-14(21)9-8-13(20)18-16(24)17-12-7-5-6-11(10-12)15(22)19(2)3/h5-10H,4H2,1-3H3,(H2,17,18,20,24)/b9-8+. The van der Waals surface area contributed by atoms with Crippen LogP contribution in [0, 0.1) is 0 Å². The molecule has 0 aromatic heterocycles. The van der Waals surface area contributed by atoms with Gasteiger partial charge in [0.05, 0.1) is 6.61 Å². The maximum atomic E-state index is 11.9. The summed E-state index contributed by atoms with van der Waals surface area (Å²) in [5, 5.41) is 5.23. The molecule has 2 N–H and O–H groups in total. The van der Waals surface area contributed by atoms with Crippen molar-refractivity contribution >= 4 is 40.8 Å². The summed E-state index contributed by atoms with van der Waals surface area (Å²) in [5.41, 5.74) is 1.05. The third-order valence-corrected chi connectivity index (χ3v) is 2.87. The van der Waals surface area contributed by atoms with Gasteiger partial charge in [-0.25, -0.2) is 4.79 Å². The van der Waals surface area contributed by atoms with Gasteiger partial charge in [0.25, 0.3) is 5.91 Å². The summed E-state index contributed by atoms with van der Waals surface area (Å²) in [4.78, 5) is 36.1. The van der Waals surface area contributed by atoms with Crippen molar-refractivity contribution in [3.63, 3.8) is 0 Å². The van der Waals surface area contributed by atoms with Gasteiger partial charge in [-0.3, -0.25) is 14.9 Å². The highest BCUT2D eigenvalue weighted by Crippen LogP contribution is 2.11. The minimum absolute atomic E-state index is 0.0444.